The summed E-state index contributed by atoms with van der Waals surface area (Å²) in [4.78, 5) is 15.6. The molecule has 1 aliphatic heterocycles. The van der Waals surface area contributed by atoms with Gasteiger partial charge in [-0.15, -0.1) is 0 Å². The number of carbonyl (C=O) groups excluding carboxylic acids is 1. The Morgan fingerprint density at radius 2 is 2.18 bits per heavy atom. The number of aryl methyl sites for hydroxylation is 1. The van der Waals surface area contributed by atoms with E-state index in [1.165, 1.54) is 11.0 Å². The van der Waals surface area contributed by atoms with Crippen molar-refractivity contribution in [1.29, 1.82) is 0 Å². The number of aliphatic hydroxyl groups excluding tert-OH is 2. The Balaban J connectivity index is 1.94. The Kier molecular flexibility index (Phi) is 5.12. The fourth-order valence-electron chi connectivity index (χ4n) is 2.10. The molecule has 0 spiro atoms. The molecule has 9 nitrogen and oxygen atoms in total. The number of nitrogens with zero attached hydrogens (tertiary/aromatic N) is 3. The van der Waals surface area contributed by atoms with Crippen LogP contribution in [0.1, 0.15) is 25.9 Å². The minimum Gasteiger partial charge on any atom is -0.462 e. The predicted molar refractivity (Wildman–Crippen MR) is 74.5 cm³/mol. The average molecular weight is 314 g/mol. The van der Waals surface area contributed by atoms with E-state index in [4.69, 9.17) is 15.2 Å². The number of ether oxygens (including phenoxy) is 2. The van der Waals surface area contributed by atoms with E-state index in [9.17, 15) is 15.0 Å². The number of carbonyl (C=O) groups is 1. The highest BCUT2D eigenvalue weighted by Crippen LogP contribution is 2.29. The number of nitrogens with two attached hydrogens (primary N) is 1. The van der Waals surface area contributed by atoms with E-state index in [2.05, 4.69) is 10.1 Å². The van der Waals surface area contributed by atoms with Crippen molar-refractivity contribution in [3.05, 3.63) is 12.2 Å². The highest BCUT2D eigenvalue weighted by atomic mass is 16.6. The van der Waals surface area contributed by atoms with Crippen LogP contribution in [0.2, 0.25) is 0 Å². The van der Waals surface area contributed by atoms with Gasteiger partial charge in [-0.05, 0) is 12.8 Å². The highest BCUT2D eigenvalue weighted by molar-refractivity contribution is 5.75. The lowest BCUT2D eigenvalue weighted by molar-refractivity contribution is -0.152. The maximum absolute atomic E-state index is 11.7. The second-order valence-electron chi connectivity index (χ2n) is 5.72. The quantitative estimate of drug-likeness (QED) is 0.573. The first-order valence-corrected chi connectivity index (χ1v) is 7.12. The number of hydrogen-bond donors (Lipinski definition) is 3. The van der Waals surface area contributed by atoms with Gasteiger partial charge in [-0.25, -0.2) is 9.67 Å². The molecule has 0 saturated carbocycles. The van der Waals surface area contributed by atoms with Crippen LogP contribution in [-0.2, 0) is 14.3 Å². The summed E-state index contributed by atoms with van der Waals surface area (Å²) in [5, 5.41) is 24.1. The molecule has 9 heteroatoms. The maximum atomic E-state index is 11.7. The van der Waals surface area contributed by atoms with Crippen molar-refractivity contribution < 1.29 is 24.5 Å². The normalized spacial score (nSPS) is 29.8. The molecule has 1 saturated heterocycles. The molecule has 124 valence electrons. The molecule has 0 radical (unpaired) electrons. The minimum atomic E-state index is -1.20. The van der Waals surface area contributed by atoms with Crippen LogP contribution < -0.4 is 5.73 Å². The van der Waals surface area contributed by atoms with E-state index in [-0.39, 0.29) is 12.5 Å². The Morgan fingerprint density at radius 1 is 1.50 bits per heavy atom. The van der Waals surface area contributed by atoms with Gasteiger partial charge in [0.05, 0.1) is 0 Å². The van der Waals surface area contributed by atoms with Crippen LogP contribution in [0, 0.1) is 12.8 Å². The molecular formula is C13H22N4O5. The zero-order chi connectivity index (χ0) is 16.4. The van der Waals surface area contributed by atoms with Gasteiger partial charge in [-0.2, -0.15) is 5.10 Å². The fourth-order valence-corrected chi connectivity index (χ4v) is 2.10. The zero-order valence-corrected chi connectivity index (χ0v) is 12.8. The van der Waals surface area contributed by atoms with E-state index < -0.39 is 36.6 Å². The van der Waals surface area contributed by atoms with Crippen LogP contribution in [0.3, 0.4) is 0 Å². The predicted octanol–water partition coefficient (Wildman–Crippen LogP) is -1.27. The molecule has 0 aromatic carbocycles. The second-order valence-corrected chi connectivity index (χ2v) is 5.72. The molecule has 2 rings (SSSR count). The van der Waals surface area contributed by atoms with Gasteiger partial charge in [0.25, 0.3) is 0 Å². The first-order valence-electron chi connectivity index (χ1n) is 7.12. The van der Waals surface area contributed by atoms with Crippen molar-refractivity contribution in [1.82, 2.24) is 14.8 Å². The van der Waals surface area contributed by atoms with Crippen molar-refractivity contribution in [2.24, 2.45) is 11.7 Å². The largest absolute Gasteiger partial charge is 0.462 e. The van der Waals surface area contributed by atoms with E-state index in [0.29, 0.717) is 5.82 Å². The highest BCUT2D eigenvalue weighted by Gasteiger charge is 2.45. The summed E-state index contributed by atoms with van der Waals surface area (Å²) < 4.78 is 11.9. The standard InChI is InChI=1S/C13H22N4O5/c1-6(2)9(14)13(20)21-4-8-10(18)11(19)12(22-8)17-5-15-7(3)16-17/h5-6,8-12,18-19H,4,14H2,1-3H3/t8-,9-,10-,11-,12-/m0/s1. The third kappa shape index (κ3) is 3.43. The molecule has 1 fully saturated rings. The maximum Gasteiger partial charge on any atom is 0.323 e. The molecule has 0 unspecified atom stereocenters. The molecule has 1 aliphatic rings. The Morgan fingerprint density at radius 3 is 2.73 bits per heavy atom. The molecule has 4 N–H and O–H groups in total. The lowest BCUT2D eigenvalue weighted by Crippen LogP contribution is -2.40. The lowest BCUT2D eigenvalue weighted by Gasteiger charge is -2.18. The Labute approximate surface area is 128 Å². The smallest absolute Gasteiger partial charge is 0.323 e. The molecule has 1 aromatic rings. The van der Waals surface area contributed by atoms with E-state index in [1.807, 2.05) is 0 Å². The molecule has 0 aliphatic carbocycles. The monoisotopic (exact) mass is 314 g/mol. The van der Waals surface area contributed by atoms with Crippen LogP contribution in [0.5, 0.6) is 0 Å². The number of hydrogen-bond acceptors (Lipinski definition) is 8. The van der Waals surface area contributed by atoms with Crippen LogP contribution in [-0.4, -0.2) is 61.9 Å². The fraction of sp³-hybridized carbons (Fsp3) is 0.769. The molecule has 2 heterocycles. The van der Waals surface area contributed by atoms with Gasteiger partial charge in [-0.1, -0.05) is 13.8 Å². The van der Waals surface area contributed by atoms with E-state index in [0.717, 1.165) is 0 Å². The first kappa shape index (κ1) is 16.8. The van der Waals surface area contributed by atoms with E-state index >= 15 is 0 Å². The summed E-state index contributed by atoms with van der Waals surface area (Å²) in [6.07, 6.45) is -2.72. The summed E-state index contributed by atoms with van der Waals surface area (Å²) in [5.74, 6) is -0.109. The van der Waals surface area contributed by atoms with Crippen LogP contribution in [0.4, 0.5) is 0 Å². The van der Waals surface area contributed by atoms with Gasteiger partial charge in [-0.3, -0.25) is 4.79 Å². The summed E-state index contributed by atoms with van der Waals surface area (Å²) in [6.45, 7) is 5.11. The summed E-state index contributed by atoms with van der Waals surface area (Å²) in [7, 11) is 0. The van der Waals surface area contributed by atoms with Crippen LogP contribution >= 0.6 is 0 Å². The Hall–Kier alpha value is -1.55. The van der Waals surface area contributed by atoms with Gasteiger partial charge in [0.1, 0.15) is 43.1 Å². The molecule has 0 bridgehead atoms. The molecule has 1 aromatic heterocycles. The van der Waals surface area contributed by atoms with Gasteiger partial charge in [0.2, 0.25) is 0 Å². The number of aliphatic hydroxyl groups is 2. The van der Waals surface area contributed by atoms with Gasteiger partial charge < -0.3 is 25.4 Å². The van der Waals surface area contributed by atoms with Crippen LogP contribution in [0.25, 0.3) is 0 Å². The second kappa shape index (κ2) is 6.69. The third-order valence-corrected chi connectivity index (χ3v) is 3.60. The zero-order valence-electron chi connectivity index (χ0n) is 12.8. The number of esters is 1. The minimum absolute atomic E-state index is 0.0571. The molecule has 5 atom stereocenters. The summed E-state index contributed by atoms with van der Waals surface area (Å²) in [5.41, 5.74) is 5.68. The molecule has 22 heavy (non-hydrogen) atoms. The number of rotatable bonds is 5. The summed E-state index contributed by atoms with van der Waals surface area (Å²) in [6, 6.07) is -0.739. The number of aromatic nitrogens is 3. The molecular weight excluding hydrogens is 292 g/mol. The SMILES string of the molecule is Cc1ncn([C@H]2O[C@@H](COC(=O)[C@@H](N)C(C)C)[C@H](O)[C@@H]2O)n1. The van der Waals surface area contributed by atoms with Gasteiger partial charge in [0.15, 0.2) is 6.23 Å². The van der Waals surface area contributed by atoms with Crippen molar-refractivity contribution >= 4 is 5.97 Å². The van der Waals surface area contributed by atoms with Crippen molar-refractivity contribution in [3.8, 4) is 0 Å². The van der Waals surface area contributed by atoms with Crippen LogP contribution in [0.15, 0.2) is 6.33 Å². The van der Waals surface area contributed by atoms with Gasteiger partial charge in [0, 0.05) is 0 Å². The molecule has 0 amide bonds. The average Bonchev–Trinajstić information content (AvgIpc) is 3.01. The first-order chi connectivity index (χ1) is 10.3. The Bertz CT molecular complexity index is 520. The van der Waals surface area contributed by atoms with Crippen molar-refractivity contribution in [3.63, 3.8) is 0 Å². The van der Waals surface area contributed by atoms with E-state index in [1.54, 1.807) is 20.8 Å². The van der Waals surface area contributed by atoms with Crippen molar-refractivity contribution in [2.45, 2.75) is 51.4 Å². The van der Waals surface area contributed by atoms with Gasteiger partial charge >= 0.3 is 5.97 Å². The topological polar surface area (TPSA) is 133 Å². The summed E-state index contributed by atoms with van der Waals surface area (Å²) >= 11 is 0. The lowest BCUT2D eigenvalue weighted by atomic mass is 10.1. The van der Waals surface area contributed by atoms with Crippen molar-refractivity contribution in [2.75, 3.05) is 6.61 Å². The third-order valence-electron chi connectivity index (χ3n) is 3.60.